The standard InChI is InChI=1S/C16H18N4O2S/c17-8-7-14(21)20-16-19-13(9-23-16)11-3-1-2-4-12(11)18-15(22)10-5-6-10/h1-4,9-10H,5-8,17H2,(H,18,22)(H,19,20,21). The Morgan fingerprint density at radius 2 is 2.04 bits per heavy atom. The van der Waals surface area contributed by atoms with E-state index in [2.05, 4.69) is 15.6 Å². The van der Waals surface area contributed by atoms with Crippen LogP contribution in [0.4, 0.5) is 10.8 Å². The van der Waals surface area contributed by atoms with Crippen LogP contribution in [0.1, 0.15) is 19.3 Å². The number of benzene rings is 1. The second kappa shape index (κ2) is 6.89. The molecule has 7 heteroatoms. The van der Waals surface area contributed by atoms with E-state index in [9.17, 15) is 9.59 Å². The summed E-state index contributed by atoms with van der Waals surface area (Å²) < 4.78 is 0. The minimum Gasteiger partial charge on any atom is -0.330 e. The molecule has 1 aliphatic rings. The molecule has 120 valence electrons. The first-order chi connectivity index (χ1) is 11.2. The molecule has 0 atom stereocenters. The fourth-order valence-corrected chi connectivity index (χ4v) is 2.89. The van der Waals surface area contributed by atoms with Gasteiger partial charge in [0.1, 0.15) is 0 Å². The number of para-hydroxylation sites is 1. The van der Waals surface area contributed by atoms with Crippen molar-refractivity contribution in [3.63, 3.8) is 0 Å². The second-order valence-electron chi connectivity index (χ2n) is 5.43. The molecule has 0 spiro atoms. The van der Waals surface area contributed by atoms with Crippen LogP contribution in [0.5, 0.6) is 0 Å². The second-order valence-corrected chi connectivity index (χ2v) is 6.29. The lowest BCUT2D eigenvalue weighted by Crippen LogP contribution is -2.16. The zero-order valence-corrected chi connectivity index (χ0v) is 13.4. The third-order valence-electron chi connectivity index (χ3n) is 3.53. The van der Waals surface area contributed by atoms with Gasteiger partial charge in [0.05, 0.1) is 11.4 Å². The summed E-state index contributed by atoms with van der Waals surface area (Å²) in [5, 5.41) is 8.08. The van der Waals surface area contributed by atoms with E-state index in [-0.39, 0.29) is 24.2 Å². The fourth-order valence-electron chi connectivity index (χ4n) is 2.16. The maximum Gasteiger partial charge on any atom is 0.227 e. The van der Waals surface area contributed by atoms with Crippen molar-refractivity contribution in [2.45, 2.75) is 19.3 Å². The Morgan fingerprint density at radius 1 is 1.26 bits per heavy atom. The summed E-state index contributed by atoms with van der Waals surface area (Å²) in [7, 11) is 0. The normalized spacial score (nSPS) is 13.6. The molecule has 1 aromatic carbocycles. The van der Waals surface area contributed by atoms with Crippen LogP contribution in [-0.2, 0) is 9.59 Å². The third-order valence-corrected chi connectivity index (χ3v) is 4.29. The number of aromatic nitrogens is 1. The summed E-state index contributed by atoms with van der Waals surface area (Å²) in [4.78, 5) is 28.0. The molecule has 0 bridgehead atoms. The Hall–Kier alpha value is -2.25. The number of thiazole rings is 1. The molecule has 1 fully saturated rings. The van der Waals surface area contributed by atoms with Crippen molar-refractivity contribution in [3.8, 4) is 11.3 Å². The fraction of sp³-hybridized carbons (Fsp3) is 0.312. The van der Waals surface area contributed by atoms with E-state index in [0.717, 1.165) is 29.8 Å². The number of carbonyl (C=O) groups excluding carboxylic acids is 2. The first-order valence-corrected chi connectivity index (χ1v) is 8.41. The van der Waals surface area contributed by atoms with Gasteiger partial charge in [-0.3, -0.25) is 9.59 Å². The Bertz CT molecular complexity index is 724. The molecule has 0 radical (unpaired) electrons. The van der Waals surface area contributed by atoms with Gasteiger partial charge in [0, 0.05) is 29.8 Å². The third kappa shape index (κ3) is 3.94. The van der Waals surface area contributed by atoms with Gasteiger partial charge in [-0.05, 0) is 18.9 Å². The van der Waals surface area contributed by atoms with Crippen LogP contribution >= 0.6 is 11.3 Å². The molecule has 1 aliphatic carbocycles. The van der Waals surface area contributed by atoms with Crippen molar-refractivity contribution in [2.75, 3.05) is 17.2 Å². The van der Waals surface area contributed by atoms with Crippen LogP contribution in [-0.4, -0.2) is 23.3 Å². The van der Waals surface area contributed by atoms with E-state index in [1.165, 1.54) is 11.3 Å². The van der Waals surface area contributed by atoms with Gasteiger partial charge < -0.3 is 16.4 Å². The molecule has 3 rings (SSSR count). The van der Waals surface area contributed by atoms with Gasteiger partial charge >= 0.3 is 0 Å². The van der Waals surface area contributed by atoms with Gasteiger partial charge in [0.2, 0.25) is 11.8 Å². The quantitative estimate of drug-likeness (QED) is 0.758. The van der Waals surface area contributed by atoms with Gasteiger partial charge in [-0.15, -0.1) is 11.3 Å². The molecule has 4 N–H and O–H groups in total. The van der Waals surface area contributed by atoms with Crippen LogP contribution in [0.3, 0.4) is 0 Å². The highest BCUT2D eigenvalue weighted by molar-refractivity contribution is 7.14. The Balaban J connectivity index is 1.77. The van der Waals surface area contributed by atoms with Gasteiger partial charge in [-0.2, -0.15) is 0 Å². The van der Waals surface area contributed by atoms with E-state index >= 15 is 0 Å². The number of rotatable bonds is 6. The number of carbonyl (C=O) groups is 2. The van der Waals surface area contributed by atoms with Crippen LogP contribution in [0, 0.1) is 5.92 Å². The molecule has 23 heavy (non-hydrogen) atoms. The summed E-state index contributed by atoms with van der Waals surface area (Å²) in [6.45, 7) is 0.306. The number of nitrogens with two attached hydrogens (primary N) is 1. The molecule has 1 heterocycles. The van der Waals surface area contributed by atoms with Gasteiger partial charge in [0.25, 0.3) is 0 Å². The number of amides is 2. The lowest BCUT2D eigenvalue weighted by Gasteiger charge is -2.09. The molecular formula is C16H18N4O2S. The van der Waals surface area contributed by atoms with Crippen LogP contribution in [0.2, 0.25) is 0 Å². The minimum absolute atomic E-state index is 0.0594. The Kier molecular flexibility index (Phi) is 4.68. The van der Waals surface area contributed by atoms with E-state index in [1.807, 2.05) is 29.6 Å². The van der Waals surface area contributed by atoms with E-state index in [0.29, 0.717) is 11.7 Å². The summed E-state index contributed by atoms with van der Waals surface area (Å²) in [5.41, 5.74) is 7.67. The molecule has 0 saturated heterocycles. The lowest BCUT2D eigenvalue weighted by atomic mass is 10.1. The number of nitrogens with one attached hydrogen (secondary N) is 2. The van der Waals surface area contributed by atoms with E-state index in [1.54, 1.807) is 0 Å². The summed E-state index contributed by atoms with van der Waals surface area (Å²) in [5.74, 6) is 0.0532. The number of hydrogen-bond donors (Lipinski definition) is 3. The highest BCUT2D eigenvalue weighted by atomic mass is 32.1. The van der Waals surface area contributed by atoms with Crippen molar-refractivity contribution in [1.82, 2.24) is 4.98 Å². The van der Waals surface area contributed by atoms with Crippen molar-refractivity contribution in [3.05, 3.63) is 29.6 Å². The summed E-state index contributed by atoms with van der Waals surface area (Å²) in [6, 6.07) is 7.54. The van der Waals surface area contributed by atoms with Crippen LogP contribution in [0.15, 0.2) is 29.6 Å². The zero-order chi connectivity index (χ0) is 16.2. The average Bonchev–Trinajstić information content (AvgIpc) is 3.29. The Morgan fingerprint density at radius 3 is 2.78 bits per heavy atom. The molecule has 2 aromatic rings. The maximum absolute atomic E-state index is 12.0. The van der Waals surface area contributed by atoms with Crippen molar-refractivity contribution in [1.29, 1.82) is 0 Å². The first kappa shape index (κ1) is 15.6. The van der Waals surface area contributed by atoms with E-state index < -0.39 is 0 Å². The molecule has 2 amide bonds. The molecule has 6 nitrogen and oxygen atoms in total. The molecular weight excluding hydrogens is 312 g/mol. The molecule has 1 aromatic heterocycles. The van der Waals surface area contributed by atoms with Crippen molar-refractivity contribution < 1.29 is 9.59 Å². The monoisotopic (exact) mass is 330 g/mol. The summed E-state index contributed by atoms with van der Waals surface area (Å²) in [6.07, 6.45) is 2.19. The van der Waals surface area contributed by atoms with E-state index in [4.69, 9.17) is 5.73 Å². The summed E-state index contributed by atoms with van der Waals surface area (Å²) >= 11 is 1.35. The first-order valence-electron chi connectivity index (χ1n) is 7.53. The maximum atomic E-state index is 12.0. The molecule has 0 aliphatic heterocycles. The van der Waals surface area contributed by atoms with Crippen molar-refractivity contribution in [2.24, 2.45) is 11.7 Å². The van der Waals surface area contributed by atoms with Gasteiger partial charge in [-0.25, -0.2) is 4.98 Å². The minimum atomic E-state index is -0.149. The molecule has 0 unspecified atom stereocenters. The highest BCUT2D eigenvalue weighted by Gasteiger charge is 2.30. The van der Waals surface area contributed by atoms with Gasteiger partial charge in [0.15, 0.2) is 5.13 Å². The zero-order valence-electron chi connectivity index (χ0n) is 12.5. The Labute approximate surface area is 138 Å². The predicted molar refractivity (Wildman–Crippen MR) is 91.2 cm³/mol. The topological polar surface area (TPSA) is 97.1 Å². The average molecular weight is 330 g/mol. The molecule has 1 saturated carbocycles. The van der Waals surface area contributed by atoms with Crippen LogP contribution < -0.4 is 16.4 Å². The lowest BCUT2D eigenvalue weighted by molar-refractivity contribution is -0.117. The smallest absolute Gasteiger partial charge is 0.227 e. The van der Waals surface area contributed by atoms with Crippen molar-refractivity contribution >= 4 is 34.0 Å². The number of hydrogen-bond acceptors (Lipinski definition) is 5. The number of anilines is 2. The largest absolute Gasteiger partial charge is 0.330 e. The highest BCUT2D eigenvalue weighted by Crippen LogP contribution is 2.34. The number of nitrogens with zero attached hydrogens (tertiary/aromatic N) is 1. The predicted octanol–water partition coefficient (Wildman–Crippen LogP) is 2.45. The van der Waals surface area contributed by atoms with Gasteiger partial charge in [-0.1, -0.05) is 18.2 Å². The van der Waals surface area contributed by atoms with Crippen LogP contribution in [0.25, 0.3) is 11.3 Å². The SMILES string of the molecule is NCCC(=O)Nc1nc(-c2ccccc2NC(=O)C2CC2)cs1.